The van der Waals surface area contributed by atoms with Gasteiger partial charge in [-0.05, 0) is 51.7 Å². The van der Waals surface area contributed by atoms with Crippen molar-refractivity contribution >= 4 is 32.5 Å². The van der Waals surface area contributed by atoms with Crippen molar-refractivity contribution in [2.45, 2.75) is 66.5 Å². The third-order valence-electron chi connectivity index (χ3n) is 6.99. The first-order chi connectivity index (χ1) is 15.3. The molecule has 1 atom stereocenters. The summed E-state index contributed by atoms with van der Waals surface area (Å²) < 4.78 is 1.88. The summed E-state index contributed by atoms with van der Waals surface area (Å²) in [5.74, 6) is 0.357. The minimum Gasteiger partial charge on any atom is -0.344 e. The highest BCUT2D eigenvalue weighted by Crippen LogP contribution is 2.41. The molecule has 0 aromatic carbocycles. The molecule has 5 heterocycles. The third-order valence-corrected chi connectivity index (χ3v) is 7.99. The fourth-order valence-electron chi connectivity index (χ4n) is 4.97. The summed E-state index contributed by atoms with van der Waals surface area (Å²) in [7, 11) is 0. The lowest BCUT2D eigenvalue weighted by molar-refractivity contribution is 0.185. The molecule has 1 fully saturated rings. The van der Waals surface area contributed by atoms with Crippen LogP contribution in [0.4, 0.5) is 5.13 Å². The lowest BCUT2D eigenvalue weighted by atomic mass is 9.96. The molecule has 1 aliphatic heterocycles. The molecule has 0 bridgehead atoms. The molecule has 7 nitrogen and oxygen atoms in total. The van der Waals surface area contributed by atoms with Gasteiger partial charge in [0.1, 0.15) is 16.7 Å². The van der Waals surface area contributed by atoms with Gasteiger partial charge >= 0.3 is 0 Å². The fourth-order valence-corrected chi connectivity index (χ4v) is 6.08. The van der Waals surface area contributed by atoms with E-state index in [0.717, 1.165) is 52.0 Å². The Balaban J connectivity index is 1.58. The van der Waals surface area contributed by atoms with E-state index in [4.69, 9.17) is 4.98 Å². The van der Waals surface area contributed by atoms with Crippen LogP contribution in [0.25, 0.3) is 27.3 Å². The highest BCUT2D eigenvalue weighted by atomic mass is 32.1. The van der Waals surface area contributed by atoms with Crippen LogP contribution in [0.1, 0.15) is 57.2 Å². The van der Waals surface area contributed by atoms with Gasteiger partial charge in [0, 0.05) is 49.0 Å². The van der Waals surface area contributed by atoms with E-state index in [1.54, 1.807) is 17.7 Å². The van der Waals surface area contributed by atoms with E-state index in [0.29, 0.717) is 18.0 Å². The number of rotatable bonds is 4. The molecule has 4 aromatic heterocycles. The van der Waals surface area contributed by atoms with Crippen molar-refractivity contribution in [3.05, 3.63) is 29.2 Å². The second-order valence-corrected chi connectivity index (χ2v) is 10.7. The van der Waals surface area contributed by atoms with Crippen molar-refractivity contribution in [1.29, 1.82) is 0 Å². The van der Waals surface area contributed by atoms with Gasteiger partial charge in [0.15, 0.2) is 10.8 Å². The van der Waals surface area contributed by atoms with Crippen molar-refractivity contribution in [2.24, 2.45) is 0 Å². The lowest BCUT2D eigenvalue weighted by Gasteiger charge is -2.41. The van der Waals surface area contributed by atoms with E-state index in [2.05, 4.69) is 79.5 Å². The summed E-state index contributed by atoms with van der Waals surface area (Å²) in [4.78, 5) is 19.6. The Morgan fingerprint density at radius 2 is 1.91 bits per heavy atom. The van der Waals surface area contributed by atoms with Crippen LogP contribution < -0.4 is 4.90 Å². The number of aromatic amines is 1. The summed E-state index contributed by atoms with van der Waals surface area (Å²) in [5, 5.41) is 5.53. The molecule has 8 heteroatoms. The molecule has 0 amide bonds. The summed E-state index contributed by atoms with van der Waals surface area (Å²) in [6.45, 7) is 18.9. The summed E-state index contributed by atoms with van der Waals surface area (Å²) in [5.41, 5.74) is 8.06. The average Bonchev–Trinajstić information content (AvgIpc) is 3.44. The number of nitrogens with one attached hydrogen (secondary N) is 1. The molecule has 32 heavy (non-hydrogen) atoms. The smallest absolute Gasteiger partial charge is 0.188 e. The Hall–Kier alpha value is -2.45. The van der Waals surface area contributed by atoms with Gasteiger partial charge in [-0.2, -0.15) is 5.10 Å². The maximum absolute atomic E-state index is 5.19. The number of aromatic nitrogens is 5. The molecular formula is C24H33N7S. The molecule has 0 saturated carbocycles. The Kier molecular flexibility index (Phi) is 5.25. The summed E-state index contributed by atoms with van der Waals surface area (Å²) in [6.07, 6.45) is 3.72. The number of aryl methyl sites for hydroxylation is 1. The standard InChI is InChI=1S/C24H33N7S/c1-13(2)19-20(18-11-31-22(25-12-26-31)17(7)16(18)6)27-23-21(19)28-24(32-23)30-9-8-29(14(3)4)10-15(30)5/h11-15,27H,8-10H2,1-7H3. The zero-order valence-electron chi connectivity index (χ0n) is 20.1. The molecule has 1 unspecified atom stereocenters. The minimum atomic E-state index is 0.357. The average molecular weight is 452 g/mol. The van der Waals surface area contributed by atoms with Crippen LogP contribution >= 0.6 is 11.3 Å². The lowest BCUT2D eigenvalue weighted by Crippen LogP contribution is -2.53. The highest BCUT2D eigenvalue weighted by Gasteiger charge is 2.29. The monoisotopic (exact) mass is 451 g/mol. The number of piperazine rings is 1. The number of fused-ring (bicyclic) bond motifs is 2. The second-order valence-electron chi connectivity index (χ2n) is 9.69. The summed E-state index contributed by atoms with van der Waals surface area (Å²) in [6, 6.07) is 1.05. The maximum Gasteiger partial charge on any atom is 0.188 e. The Morgan fingerprint density at radius 1 is 1.12 bits per heavy atom. The Morgan fingerprint density at radius 3 is 2.59 bits per heavy atom. The van der Waals surface area contributed by atoms with Crippen LogP contribution in [0.2, 0.25) is 0 Å². The van der Waals surface area contributed by atoms with Crippen molar-refractivity contribution in [3.63, 3.8) is 0 Å². The van der Waals surface area contributed by atoms with Crippen LogP contribution in [0.5, 0.6) is 0 Å². The van der Waals surface area contributed by atoms with Gasteiger partial charge in [0.25, 0.3) is 0 Å². The fraction of sp³-hybridized carbons (Fsp3) is 0.542. The molecule has 5 rings (SSSR count). The van der Waals surface area contributed by atoms with E-state index in [1.807, 2.05) is 4.52 Å². The Bertz CT molecular complexity index is 1280. The van der Waals surface area contributed by atoms with Crippen molar-refractivity contribution in [3.8, 4) is 11.3 Å². The topological polar surface area (TPSA) is 65.4 Å². The van der Waals surface area contributed by atoms with Crippen LogP contribution in [0, 0.1) is 13.8 Å². The zero-order valence-corrected chi connectivity index (χ0v) is 20.9. The number of hydrogen-bond donors (Lipinski definition) is 1. The molecule has 1 aliphatic rings. The van der Waals surface area contributed by atoms with Crippen molar-refractivity contribution < 1.29 is 0 Å². The van der Waals surface area contributed by atoms with Crippen molar-refractivity contribution in [2.75, 3.05) is 24.5 Å². The van der Waals surface area contributed by atoms with Gasteiger partial charge in [-0.1, -0.05) is 25.2 Å². The van der Waals surface area contributed by atoms with E-state index in [9.17, 15) is 0 Å². The van der Waals surface area contributed by atoms with Crippen LogP contribution in [0.15, 0.2) is 12.5 Å². The van der Waals surface area contributed by atoms with Gasteiger partial charge < -0.3 is 9.88 Å². The first-order valence-corrected chi connectivity index (χ1v) is 12.4. The van der Waals surface area contributed by atoms with Crippen LogP contribution in [-0.4, -0.2) is 61.2 Å². The first-order valence-electron chi connectivity index (χ1n) is 11.6. The molecule has 0 aliphatic carbocycles. The van der Waals surface area contributed by atoms with Crippen LogP contribution in [0.3, 0.4) is 0 Å². The molecule has 0 spiro atoms. The van der Waals surface area contributed by atoms with E-state index in [1.165, 1.54) is 16.7 Å². The predicted molar refractivity (Wildman–Crippen MR) is 133 cm³/mol. The highest BCUT2D eigenvalue weighted by molar-refractivity contribution is 7.21. The predicted octanol–water partition coefficient (Wildman–Crippen LogP) is 4.99. The number of pyridine rings is 1. The third kappa shape index (κ3) is 3.31. The normalized spacial score (nSPS) is 18.2. The molecular weight excluding hydrogens is 418 g/mol. The molecule has 170 valence electrons. The largest absolute Gasteiger partial charge is 0.344 e. The first kappa shape index (κ1) is 21.4. The molecule has 1 saturated heterocycles. The zero-order chi connectivity index (χ0) is 22.7. The van der Waals surface area contributed by atoms with Gasteiger partial charge in [-0.15, -0.1) is 0 Å². The minimum absolute atomic E-state index is 0.357. The second kappa shape index (κ2) is 7.85. The van der Waals surface area contributed by atoms with Crippen molar-refractivity contribution in [1.82, 2.24) is 29.5 Å². The molecule has 0 radical (unpaired) electrons. The maximum atomic E-state index is 5.19. The molecule has 4 aromatic rings. The van der Waals surface area contributed by atoms with E-state index < -0.39 is 0 Å². The van der Waals surface area contributed by atoms with E-state index >= 15 is 0 Å². The van der Waals surface area contributed by atoms with E-state index in [-0.39, 0.29) is 0 Å². The number of thiazole rings is 1. The number of H-pyrrole nitrogens is 1. The number of hydrogen-bond acceptors (Lipinski definition) is 6. The SMILES string of the molecule is Cc1c(-c2[nH]c3sc(N4CCN(C(C)C)CC4C)nc3c2C(C)C)cn2ncnc2c1C. The number of anilines is 1. The van der Waals surface area contributed by atoms with Crippen LogP contribution in [-0.2, 0) is 0 Å². The van der Waals surface area contributed by atoms with Gasteiger partial charge in [0.2, 0.25) is 0 Å². The molecule has 1 N–H and O–H groups in total. The number of nitrogens with zero attached hydrogens (tertiary/aromatic N) is 6. The summed E-state index contributed by atoms with van der Waals surface area (Å²) >= 11 is 1.79. The quantitative estimate of drug-likeness (QED) is 0.473. The van der Waals surface area contributed by atoms with Gasteiger partial charge in [-0.3, -0.25) is 4.90 Å². The Labute approximate surface area is 193 Å². The van der Waals surface area contributed by atoms with Gasteiger partial charge in [-0.25, -0.2) is 14.5 Å². The van der Waals surface area contributed by atoms with Gasteiger partial charge in [0.05, 0.1) is 5.69 Å².